The standard InChI is InChI=1S/C21H35N3O3.HI/c1-16-6-3-4-8-20(16)24-21(22-11-9-18-7-5-12-26-18)23-17(2)14-27-19-10-13-25-15-19;/h5,7,12,16-17,19-20H,3-4,6,8-11,13-15H2,1-2H3,(H2,22,23,24);1H. The van der Waals surface area contributed by atoms with E-state index in [1.54, 1.807) is 6.26 Å². The van der Waals surface area contributed by atoms with E-state index in [4.69, 9.17) is 18.9 Å². The Hall–Kier alpha value is -0.800. The van der Waals surface area contributed by atoms with Crippen LogP contribution in [0.5, 0.6) is 0 Å². The van der Waals surface area contributed by atoms with Crippen molar-refractivity contribution in [3.8, 4) is 0 Å². The fourth-order valence-corrected chi connectivity index (χ4v) is 3.77. The van der Waals surface area contributed by atoms with Crippen LogP contribution in [-0.2, 0) is 15.9 Å². The maximum absolute atomic E-state index is 5.95. The van der Waals surface area contributed by atoms with Gasteiger partial charge in [-0.2, -0.15) is 0 Å². The van der Waals surface area contributed by atoms with Crippen LogP contribution in [0.2, 0.25) is 0 Å². The highest BCUT2D eigenvalue weighted by Crippen LogP contribution is 2.23. The first-order valence-corrected chi connectivity index (χ1v) is 10.5. The summed E-state index contributed by atoms with van der Waals surface area (Å²) < 4.78 is 16.8. The summed E-state index contributed by atoms with van der Waals surface area (Å²) in [7, 11) is 0. The summed E-state index contributed by atoms with van der Waals surface area (Å²) in [6, 6.07) is 4.61. The van der Waals surface area contributed by atoms with Gasteiger partial charge in [0.05, 0.1) is 25.6 Å². The van der Waals surface area contributed by atoms with Crippen molar-refractivity contribution in [2.75, 3.05) is 26.4 Å². The van der Waals surface area contributed by atoms with Gasteiger partial charge in [0.15, 0.2) is 5.96 Å². The van der Waals surface area contributed by atoms with Gasteiger partial charge >= 0.3 is 0 Å². The van der Waals surface area contributed by atoms with Gasteiger partial charge < -0.3 is 24.5 Å². The van der Waals surface area contributed by atoms with Crippen molar-refractivity contribution in [1.29, 1.82) is 0 Å². The third-order valence-corrected chi connectivity index (χ3v) is 5.49. The van der Waals surface area contributed by atoms with Crippen LogP contribution in [0.25, 0.3) is 0 Å². The summed E-state index contributed by atoms with van der Waals surface area (Å²) in [6.45, 7) is 7.37. The quantitative estimate of drug-likeness (QED) is 0.320. The van der Waals surface area contributed by atoms with Gasteiger partial charge in [-0.25, -0.2) is 0 Å². The molecule has 2 heterocycles. The first-order valence-electron chi connectivity index (χ1n) is 10.5. The Morgan fingerprint density at radius 2 is 2.18 bits per heavy atom. The number of aliphatic imine (C=N–C) groups is 1. The summed E-state index contributed by atoms with van der Waals surface area (Å²) in [5.74, 6) is 2.54. The molecule has 2 fully saturated rings. The third-order valence-electron chi connectivity index (χ3n) is 5.49. The number of nitrogens with zero attached hydrogens (tertiary/aromatic N) is 1. The molecule has 4 unspecified atom stereocenters. The van der Waals surface area contributed by atoms with Gasteiger partial charge in [0.2, 0.25) is 0 Å². The van der Waals surface area contributed by atoms with E-state index < -0.39 is 0 Å². The highest BCUT2D eigenvalue weighted by atomic mass is 127. The van der Waals surface area contributed by atoms with Crippen molar-refractivity contribution in [2.24, 2.45) is 10.9 Å². The molecule has 0 radical (unpaired) electrons. The van der Waals surface area contributed by atoms with Crippen LogP contribution < -0.4 is 10.6 Å². The second-order valence-electron chi connectivity index (χ2n) is 7.94. The van der Waals surface area contributed by atoms with Gasteiger partial charge in [-0.15, -0.1) is 24.0 Å². The van der Waals surface area contributed by atoms with E-state index in [9.17, 15) is 0 Å². The van der Waals surface area contributed by atoms with E-state index in [1.807, 2.05) is 12.1 Å². The minimum absolute atomic E-state index is 0. The molecule has 1 aromatic heterocycles. The molecule has 7 heteroatoms. The molecule has 1 aliphatic heterocycles. The van der Waals surface area contributed by atoms with E-state index in [-0.39, 0.29) is 36.1 Å². The van der Waals surface area contributed by atoms with Crippen LogP contribution in [0, 0.1) is 5.92 Å². The number of nitrogens with one attached hydrogen (secondary N) is 2. The number of furan rings is 1. The molecule has 0 aromatic carbocycles. The Morgan fingerprint density at radius 3 is 2.89 bits per heavy atom. The Morgan fingerprint density at radius 1 is 1.32 bits per heavy atom. The Bertz CT molecular complexity index is 561. The number of hydrogen-bond acceptors (Lipinski definition) is 4. The molecule has 0 spiro atoms. The lowest BCUT2D eigenvalue weighted by molar-refractivity contribution is 0.0347. The number of guanidine groups is 1. The first kappa shape index (κ1) is 23.5. The lowest BCUT2D eigenvalue weighted by Crippen LogP contribution is -2.50. The third kappa shape index (κ3) is 7.91. The summed E-state index contributed by atoms with van der Waals surface area (Å²) >= 11 is 0. The number of rotatable bonds is 8. The SMILES string of the molecule is CC(COC1CCOC1)NC(=NCCc1ccco1)NC1CCCCC1C.I. The molecule has 1 aliphatic carbocycles. The molecule has 2 N–H and O–H groups in total. The molecule has 3 rings (SSSR count). The van der Waals surface area contributed by atoms with E-state index in [1.165, 1.54) is 25.7 Å². The summed E-state index contributed by atoms with van der Waals surface area (Å²) in [5, 5.41) is 7.20. The largest absolute Gasteiger partial charge is 0.469 e. The second kappa shape index (κ2) is 12.7. The van der Waals surface area contributed by atoms with Crippen LogP contribution >= 0.6 is 24.0 Å². The van der Waals surface area contributed by atoms with Crippen LogP contribution in [-0.4, -0.2) is 50.5 Å². The van der Waals surface area contributed by atoms with Gasteiger partial charge in [0.25, 0.3) is 0 Å². The van der Waals surface area contributed by atoms with E-state index in [0.29, 0.717) is 31.7 Å². The molecule has 1 saturated heterocycles. The predicted octanol–water partition coefficient (Wildman–Crippen LogP) is 3.75. The molecule has 28 heavy (non-hydrogen) atoms. The number of ether oxygens (including phenoxy) is 2. The zero-order chi connectivity index (χ0) is 18.9. The van der Waals surface area contributed by atoms with Gasteiger partial charge in [-0.3, -0.25) is 4.99 Å². The molecule has 160 valence electrons. The monoisotopic (exact) mass is 505 g/mol. The average Bonchev–Trinajstić information content (AvgIpc) is 3.35. The van der Waals surface area contributed by atoms with E-state index in [0.717, 1.165) is 31.2 Å². The summed E-state index contributed by atoms with van der Waals surface area (Å²) in [6.07, 6.45) is 8.89. The van der Waals surface area contributed by atoms with Gasteiger partial charge in [0.1, 0.15) is 5.76 Å². The van der Waals surface area contributed by atoms with Crippen molar-refractivity contribution in [3.05, 3.63) is 24.2 Å². The first-order chi connectivity index (χ1) is 13.2. The second-order valence-corrected chi connectivity index (χ2v) is 7.94. The highest BCUT2D eigenvalue weighted by molar-refractivity contribution is 14.0. The normalized spacial score (nSPS) is 26.5. The minimum atomic E-state index is 0. The highest BCUT2D eigenvalue weighted by Gasteiger charge is 2.23. The molecule has 6 nitrogen and oxygen atoms in total. The lowest BCUT2D eigenvalue weighted by Gasteiger charge is -2.31. The lowest BCUT2D eigenvalue weighted by atomic mass is 9.86. The molecule has 1 aromatic rings. The fourth-order valence-electron chi connectivity index (χ4n) is 3.77. The molecule has 1 saturated carbocycles. The number of hydrogen-bond donors (Lipinski definition) is 2. The van der Waals surface area contributed by atoms with Crippen molar-refractivity contribution in [2.45, 2.75) is 70.6 Å². The Kier molecular flexibility index (Phi) is 10.6. The van der Waals surface area contributed by atoms with E-state index >= 15 is 0 Å². The van der Waals surface area contributed by atoms with Crippen molar-refractivity contribution >= 4 is 29.9 Å². The maximum Gasteiger partial charge on any atom is 0.191 e. The fraction of sp³-hybridized carbons (Fsp3) is 0.762. The zero-order valence-corrected chi connectivity index (χ0v) is 19.5. The molecule has 0 bridgehead atoms. The van der Waals surface area contributed by atoms with Crippen molar-refractivity contribution < 1.29 is 13.9 Å². The predicted molar refractivity (Wildman–Crippen MR) is 122 cm³/mol. The number of halogens is 1. The Balaban J connectivity index is 0.00000280. The summed E-state index contributed by atoms with van der Waals surface area (Å²) in [5.41, 5.74) is 0. The van der Waals surface area contributed by atoms with Gasteiger partial charge in [0, 0.05) is 31.7 Å². The van der Waals surface area contributed by atoms with Gasteiger partial charge in [-0.1, -0.05) is 19.8 Å². The van der Waals surface area contributed by atoms with E-state index in [2.05, 4.69) is 24.5 Å². The molecular weight excluding hydrogens is 469 g/mol. The maximum atomic E-state index is 5.95. The molecule has 2 aliphatic rings. The Labute approximate surface area is 186 Å². The van der Waals surface area contributed by atoms with Crippen molar-refractivity contribution in [1.82, 2.24) is 10.6 Å². The van der Waals surface area contributed by atoms with Gasteiger partial charge in [-0.05, 0) is 44.2 Å². The van der Waals surface area contributed by atoms with Crippen LogP contribution in [0.15, 0.2) is 27.8 Å². The van der Waals surface area contributed by atoms with Crippen LogP contribution in [0.3, 0.4) is 0 Å². The zero-order valence-electron chi connectivity index (χ0n) is 17.2. The van der Waals surface area contributed by atoms with Crippen LogP contribution in [0.4, 0.5) is 0 Å². The minimum Gasteiger partial charge on any atom is -0.469 e. The average molecular weight is 505 g/mol. The topological polar surface area (TPSA) is 68.0 Å². The van der Waals surface area contributed by atoms with Crippen molar-refractivity contribution in [3.63, 3.8) is 0 Å². The molecule has 0 amide bonds. The van der Waals surface area contributed by atoms with Crippen LogP contribution in [0.1, 0.15) is 51.7 Å². The molecular formula is C21H36IN3O3. The summed E-state index contributed by atoms with van der Waals surface area (Å²) in [4.78, 5) is 4.80. The smallest absolute Gasteiger partial charge is 0.191 e. The molecule has 4 atom stereocenters.